The molecule has 0 amide bonds. The molecule has 0 radical (unpaired) electrons. The molecule has 1 aliphatic rings. The molecule has 1 fully saturated rings. The van der Waals surface area contributed by atoms with Crippen molar-refractivity contribution in [2.45, 2.75) is 12.8 Å². The second kappa shape index (κ2) is 2.27. The third-order valence-electron chi connectivity index (χ3n) is 1.58. The zero-order valence-corrected chi connectivity index (χ0v) is 6.82. The predicted octanol–water partition coefficient (Wildman–Crippen LogP) is 0.556. The van der Waals surface area contributed by atoms with Crippen molar-refractivity contribution in [1.29, 1.82) is 0 Å². The smallest absolute Gasteiger partial charge is 0.231 e. The van der Waals surface area contributed by atoms with Gasteiger partial charge in [0.25, 0.3) is 0 Å². The third kappa shape index (κ3) is 1.31. The number of nitrogens with zero attached hydrogens (tertiary/aromatic N) is 1. The number of rotatable bonds is 1. The Labute approximate surface area is 61.4 Å². The Balaban J connectivity index is 2.84. The van der Waals surface area contributed by atoms with Gasteiger partial charge in [0.15, 0.2) is 0 Å². The Hall–Kier alpha value is -0.510. The summed E-state index contributed by atoms with van der Waals surface area (Å²) >= 11 is 0. The molecule has 0 aromatic heterocycles. The Morgan fingerprint density at radius 1 is 1.60 bits per heavy atom. The van der Waals surface area contributed by atoms with Crippen LogP contribution in [0, 0.1) is 0 Å². The maximum Gasteiger partial charge on any atom is 0.231 e. The van der Waals surface area contributed by atoms with Crippen LogP contribution in [0.3, 0.4) is 0 Å². The second-order valence-electron chi connectivity index (χ2n) is 2.50. The Bertz CT molecular complexity index is 242. The number of hydrogen-bond acceptors (Lipinski definition) is 2. The number of sulfonamides is 1. The minimum Gasteiger partial charge on any atom is -0.275 e. The van der Waals surface area contributed by atoms with E-state index in [1.54, 1.807) is 0 Å². The van der Waals surface area contributed by atoms with Crippen molar-refractivity contribution >= 4 is 10.0 Å². The lowest BCUT2D eigenvalue weighted by Crippen LogP contribution is -2.24. The van der Waals surface area contributed by atoms with Gasteiger partial charge in [0.1, 0.15) is 0 Å². The average molecular weight is 161 g/mol. The lowest BCUT2D eigenvalue weighted by Gasteiger charge is -2.15. The van der Waals surface area contributed by atoms with E-state index >= 15 is 0 Å². The van der Waals surface area contributed by atoms with Gasteiger partial charge >= 0.3 is 0 Å². The van der Waals surface area contributed by atoms with Crippen LogP contribution in [0.25, 0.3) is 0 Å². The van der Waals surface area contributed by atoms with E-state index in [1.165, 1.54) is 10.6 Å². The molecule has 0 unspecified atom stereocenters. The summed E-state index contributed by atoms with van der Waals surface area (Å²) in [5.41, 5.74) is 0.725. The van der Waals surface area contributed by atoms with Crippen LogP contribution < -0.4 is 0 Å². The molecule has 4 heteroatoms. The summed E-state index contributed by atoms with van der Waals surface area (Å²) in [4.78, 5) is 0. The quantitative estimate of drug-likeness (QED) is 0.563. The first-order valence-electron chi connectivity index (χ1n) is 3.17. The fraction of sp³-hybridized carbons (Fsp3) is 0.667. The van der Waals surface area contributed by atoms with Crippen LogP contribution in [0.2, 0.25) is 0 Å². The molecule has 1 rings (SSSR count). The van der Waals surface area contributed by atoms with Crippen molar-refractivity contribution < 1.29 is 8.42 Å². The molecule has 0 aromatic rings. The van der Waals surface area contributed by atoms with Gasteiger partial charge in [-0.1, -0.05) is 6.58 Å². The molecular weight excluding hydrogens is 150 g/mol. The van der Waals surface area contributed by atoms with Crippen molar-refractivity contribution in [1.82, 2.24) is 4.31 Å². The summed E-state index contributed by atoms with van der Waals surface area (Å²) in [6.45, 7) is 4.26. The van der Waals surface area contributed by atoms with Gasteiger partial charge in [0.2, 0.25) is 10.0 Å². The molecule has 0 atom stereocenters. The van der Waals surface area contributed by atoms with Crippen LogP contribution >= 0.6 is 0 Å². The van der Waals surface area contributed by atoms with Crippen LogP contribution in [0.15, 0.2) is 12.3 Å². The molecule has 10 heavy (non-hydrogen) atoms. The summed E-state index contributed by atoms with van der Waals surface area (Å²) in [5.74, 6) is 0. The van der Waals surface area contributed by atoms with E-state index in [4.69, 9.17) is 0 Å². The van der Waals surface area contributed by atoms with Crippen molar-refractivity contribution in [3.63, 3.8) is 0 Å². The summed E-state index contributed by atoms with van der Waals surface area (Å²) in [5, 5.41) is 0. The highest BCUT2D eigenvalue weighted by atomic mass is 32.2. The van der Waals surface area contributed by atoms with Crippen molar-refractivity contribution in [3.8, 4) is 0 Å². The second-order valence-corrected chi connectivity index (χ2v) is 4.41. The Kier molecular flexibility index (Phi) is 1.72. The van der Waals surface area contributed by atoms with Crippen molar-refractivity contribution in [2.24, 2.45) is 0 Å². The van der Waals surface area contributed by atoms with E-state index in [9.17, 15) is 8.42 Å². The van der Waals surface area contributed by atoms with Crippen molar-refractivity contribution in [3.05, 3.63) is 12.3 Å². The van der Waals surface area contributed by atoms with Crippen LogP contribution in [0.4, 0.5) is 0 Å². The molecule has 1 heterocycles. The van der Waals surface area contributed by atoms with E-state index < -0.39 is 10.0 Å². The van der Waals surface area contributed by atoms with Gasteiger partial charge in [0.05, 0.1) is 6.26 Å². The van der Waals surface area contributed by atoms with Crippen molar-refractivity contribution in [2.75, 3.05) is 12.8 Å². The highest BCUT2D eigenvalue weighted by Gasteiger charge is 2.22. The fourth-order valence-electron chi connectivity index (χ4n) is 1.11. The van der Waals surface area contributed by atoms with E-state index in [2.05, 4.69) is 6.58 Å². The molecule has 0 N–H and O–H groups in total. The summed E-state index contributed by atoms with van der Waals surface area (Å²) in [6, 6.07) is 0. The van der Waals surface area contributed by atoms with E-state index in [0.29, 0.717) is 6.54 Å². The Morgan fingerprint density at radius 3 is 2.40 bits per heavy atom. The average Bonchev–Trinajstić information content (AvgIpc) is 2.11. The standard InChI is InChI=1S/C6H11NO2S/c1-6-4-3-5-7(6)10(2,8)9/h1,3-5H2,2H3. The highest BCUT2D eigenvalue weighted by Crippen LogP contribution is 2.21. The first-order chi connectivity index (χ1) is 4.52. The zero-order chi connectivity index (χ0) is 7.78. The SMILES string of the molecule is C=C1CCCN1S(C)(=O)=O. The van der Waals surface area contributed by atoms with Crippen LogP contribution in [0.1, 0.15) is 12.8 Å². The number of hydrogen-bond donors (Lipinski definition) is 0. The van der Waals surface area contributed by atoms with E-state index in [1.807, 2.05) is 0 Å². The Morgan fingerprint density at radius 2 is 2.20 bits per heavy atom. The zero-order valence-electron chi connectivity index (χ0n) is 6.00. The fourth-order valence-corrected chi connectivity index (χ4v) is 2.13. The first-order valence-corrected chi connectivity index (χ1v) is 5.02. The van der Waals surface area contributed by atoms with E-state index in [0.717, 1.165) is 18.5 Å². The summed E-state index contributed by atoms with van der Waals surface area (Å²) in [6.07, 6.45) is 2.93. The normalized spacial score (nSPS) is 20.1. The molecule has 3 nitrogen and oxygen atoms in total. The van der Waals surface area contributed by atoms with E-state index in [-0.39, 0.29) is 0 Å². The maximum atomic E-state index is 10.9. The maximum absolute atomic E-state index is 10.9. The van der Waals surface area contributed by atoms with Gasteiger partial charge in [-0.15, -0.1) is 0 Å². The first kappa shape index (κ1) is 7.60. The molecule has 0 bridgehead atoms. The van der Waals surface area contributed by atoms with Crippen LogP contribution in [-0.4, -0.2) is 25.5 Å². The van der Waals surface area contributed by atoms with Crippen LogP contribution in [-0.2, 0) is 10.0 Å². The molecule has 58 valence electrons. The molecule has 1 aliphatic heterocycles. The minimum atomic E-state index is -3.02. The molecule has 1 saturated heterocycles. The minimum absolute atomic E-state index is 0.609. The molecule has 0 aromatic carbocycles. The highest BCUT2D eigenvalue weighted by molar-refractivity contribution is 7.88. The van der Waals surface area contributed by atoms with Gasteiger partial charge in [-0.2, -0.15) is 0 Å². The number of allylic oxidation sites excluding steroid dienone is 1. The van der Waals surface area contributed by atoms with Crippen LogP contribution in [0.5, 0.6) is 0 Å². The van der Waals surface area contributed by atoms with Gasteiger partial charge in [-0.05, 0) is 12.8 Å². The van der Waals surface area contributed by atoms with Gasteiger partial charge in [-0.3, -0.25) is 4.31 Å². The lowest BCUT2D eigenvalue weighted by atomic mass is 10.3. The molecular formula is C6H11NO2S. The summed E-state index contributed by atoms with van der Waals surface area (Å²) in [7, 11) is -3.02. The largest absolute Gasteiger partial charge is 0.275 e. The lowest BCUT2D eigenvalue weighted by molar-refractivity contribution is 0.518. The predicted molar refractivity (Wildman–Crippen MR) is 39.9 cm³/mol. The molecule has 0 spiro atoms. The summed E-state index contributed by atoms with van der Waals surface area (Å²) < 4.78 is 23.2. The van der Waals surface area contributed by atoms with Gasteiger partial charge < -0.3 is 0 Å². The third-order valence-corrected chi connectivity index (χ3v) is 2.82. The topological polar surface area (TPSA) is 37.4 Å². The van der Waals surface area contributed by atoms with Gasteiger partial charge in [-0.25, -0.2) is 8.42 Å². The molecule has 0 aliphatic carbocycles. The molecule has 0 saturated carbocycles. The van der Waals surface area contributed by atoms with Gasteiger partial charge in [0, 0.05) is 12.2 Å². The monoisotopic (exact) mass is 161 g/mol.